The quantitative estimate of drug-likeness (QED) is 0.666. The van der Waals surface area contributed by atoms with E-state index >= 15 is 0 Å². The average molecular weight is 373 g/mol. The Labute approximate surface area is 155 Å². The minimum Gasteiger partial charge on any atom is -0.369 e. The van der Waals surface area contributed by atoms with Crippen LogP contribution in [0.2, 0.25) is 0 Å². The lowest BCUT2D eigenvalue weighted by Gasteiger charge is -2.32. The summed E-state index contributed by atoms with van der Waals surface area (Å²) in [7, 11) is 0. The molecule has 1 aromatic carbocycles. The highest BCUT2D eigenvalue weighted by molar-refractivity contribution is 7.71. The standard InChI is InChI=1S/C19H20N2O2S2/c1-4-19(3)9-12-14(10-23-19)25-16-15(12)17(22)21(18(24)20-16)13-8-6-5-7-11(13)2/h5-8H,4,9-10H2,1-3H3,(H,20,24)/t19-/m1/s1. The van der Waals surface area contributed by atoms with Crippen LogP contribution in [-0.2, 0) is 17.8 Å². The van der Waals surface area contributed by atoms with Gasteiger partial charge in [0.25, 0.3) is 5.56 Å². The Balaban J connectivity index is 2.03. The summed E-state index contributed by atoms with van der Waals surface area (Å²) in [5.74, 6) is 0. The van der Waals surface area contributed by atoms with Crippen LogP contribution in [0.15, 0.2) is 29.1 Å². The number of hydrogen-bond donors (Lipinski definition) is 1. The highest BCUT2D eigenvalue weighted by Crippen LogP contribution is 2.38. The first-order valence-corrected chi connectivity index (χ1v) is 9.65. The van der Waals surface area contributed by atoms with E-state index in [0.29, 0.717) is 11.4 Å². The second-order valence-corrected chi connectivity index (χ2v) is 8.33. The van der Waals surface area contributed by atoms with Gasteiger partial charge in [0.05, 0.1) is 23.3 Å². The van der Waals surface area contributed by atoms with Gasteiger partial charge in [-0.15, -0.1) is 11.3 Å². The molecule has 130 valence electrons. The molecule has 0 aliphatic carbocycles. The third-order valence-electron chi connectivity index (χ3n) is 5.14. The van der Waals surface area contributed by atoms with Crippen molar-refractivity contribution in [1.82, 2.24) is 9.55 Å². The summed E-state index contributed by atoms with van der Waals surface area (Å²) in [5.41, 5.74) is 2.73. The molecule has 1 aliphatic rings. The summed E-state index contributed by atoms with van der Waals surface area (Å²) in [6.07, 6.45) is 1.67. The zero-order valence-electron chi connectivity index (χ0n) is 14.5. The van der Waals surface area contributed by atoms with E-state index in [1.54, 1.807) is 15.9 Å². The summed E-state index contributed by atoms with van der Waals surface area (Å²) in [5, 5.41) is 0.764. The predicted molar refractivity (Wildman–Crippen MR) is 105 cm³/mol. The number of fused-ring (bicyclic) bond motifs is 3. The molecule has 4 rings (SSSR count). The van der Waals surface area contributed by atoms with Gasteiger partial charge in [0.2, 0.25) is 0 Å². The van der Waals surface area contributed by atoms with Crippen LogP contribution >= 0.6 is 23.6 Å². The number of aromatic amines is 1. The number of para-hydroxylation sites is 1. The lowest BCUT2D eigenvalue weighted by Crippen LogP contribution is -2.34. The zero-order chi connectivity index (χ0) is 17.8. The van der Waals surface area contributed by atoms with Crippen molar-refractivity contribution >= 4 is 33.8 Å². The van der Waals surface area contributed by atoms with Crippen LogP contribution in [0, 0.1) is 11.7 Å². The van der Waals surface area contributed by atoms with Crippen LogP contribution in [0.3, 0.4) is 0 Å². The fourth-order valence-electron chi connectivity index (χ4n) is 3.41. The number of aromatic nitrogens is 2. The molecule has 4 nitrogen and oxygen atoms in total. The summed E-state index contributed by atoms with van der Waals surface area (Å²) in [6, 6.07) is 7.82. The molecule has 0 fully saturated rings. The van der Waals surface area contributed by atoms with Crippen molar-refractivity contribution in [3.05, 3.63) is 55.4 Å². The maximum absolute atomic E-state index is 13.4. The number of nitrogens with zero attached hydrogens (tertiary/aromatic N) is 1. The average Bonchev–Trinajstić information content (AvgIpc) is 2.93. The van der Waals surface area contributed by atoms with Gasteiger partial charge in [-0.05, 0) is 49.7 Å². The summed E-state index contributed by atoms with van der Waals surface area (Å²) in [6.45, 7) is 6.79. The molecule has 0 saturated heterocycles. The van der Waals surface area contributed by atoms with Crippen molar-refractivity contribution in [3.63, 3.8) is 0 Å². The van der Waals surface area contributed by atoms with Crippen molar-refractivity contribution in [2.45, 2.75) is 45.8 Å². The van der Waals surface area contributed by atoms with Gasteiger partial charge in [-0.1, -0.05) is 25.1 Å². The van der Waals surface area contributed by atoms with Crippen LogP contribution in [0.25, 0.3) is 15.9 Å². The van der Waals surface area contributed by atoms with Crippen LogP contribution < -0.4 is 5.56 Å². The van der Waals surface area contributed by atoms with E-state index in [1.807, 2.05) is 31.2 Å². The van der Waals surface area contributed by atoms with Gasteiger partial charge in [-0.3, -0.25) is 9.36 Å². The lowest BCUT2D eigenvalue weighted by molar-refractivity contribution is -0.0543. The third-order valence-corrected chi connectivity index (χ3v) is 6.54. The third kappa shape index (κ3) is 2.60. The predicted octanol–water partition coefficient (Wildman–Crippen LogP) is 4.66. The molecule has 0 amide bonds. The van der Waals surface area contributed by atoms with Crippen molar-refractivity contribution in [3.8, 4) is 5.69 Å². The van der Waals surface area contributed by atoms with Crippen LogP contribution in [0.4, 0.5) is 0 Å². The fraction of sp³-hybridized carbons (Fsp3) is 0.368. The highest BCUT2D eigenvalue weighted by atomic mass is 32.1. The Bertz CT molecular complexity index is 1090. The number of rotatable bonds is 2. The molecule has 1 N–H and O–H groups in total. The van der Waals surface area contributed by atoms with E-state index in [4.69, 9.17) is 17.0 Å². The van der Waals surface area contributed by atoms with Crippen molar-refractivity contribution < 1.29 is 4.74 Å². The van der Waals surface area contributed by atoms with E-state index in [1.165, 1.54) is 0 Å². The fourth-order valence-corrected chi connectivity index (χ4v) is 4.88. The summed E-state index contributed by atoms with van der Waals surface area (Å²) in [4.78, 5) is 18.6. The van der Waals surface area contributed by atoms with E-state index in [9.17, 15) is 4.79 Å². The topological polar surface area (TPSA) is 47.0 Å². The molecule has 1 aliphatic heterocycles. The molecule has 3 aromatic rings. The van der Waals surface area contributed by atoms with Gasteiger partial charge in [0.1, 0.15) is 4.83 Å². The van der Waals surface area contributed by atoms with Gasteiger partial charge < -0.3 is 9.72 Å². The minimum absolute atomic E-state index is 0.0362. The number of ether oxygens (including phenoxy) is 1. The number of aryl methyl sites for hydroxylation is 1. The Morgan fingerprint density at radius 1 is 1.40 bits per heavy atom. The van der Waals surface area contributed by atoms with Gasteiger partial charge >= 0.3 is 0 Å². The molecule has 3 heterocycles. The maximum Gasteiger partial charge on any atom is 0.267 e. The zero-order valence-corrected chi connectivity index (χ0v) is 16.1. The number of benzene rings is 1. The van der Waals surface area contributed by atoms with Crippen molar-refractivity contribution in [2.24, 2.45) is 0 Å². The number of thiophene rings is 1. The smallest absolute Gasteiger partial charge is 0.267 e. The van der Waals surface area contributed by atoms with Gasteiger partial charge in [-0.2, -0.15) is 0 Å². The maximum atomic E-state index is 13.4. The van der Waals surface area contributed by atoms with Crippen LogP contribution in [0.1, 0.15) is 36.3 Å². The molecule has 6 heteroatoms. The molecule has 0 bridgehead atoms. The first-order chi connectivity index (χ1) is 11.9. The Kier molecular flexibility index (Phi) is 3.94. The van der Waals surface area contributed by atoms with Gasteiger partial charge in [0.15, 0.2) is 4.77 Å². The van der Waals surface area contributed by atoms with Crippen molar-refractivity contribution in [2.75, 3.05) is 0 Å². The van der Waals surface area contributed by atoms with Gasteiger partial charge in [0, 0.05) is 11.3 Å². The molecular weight excluding hydrogens is 352 g/mol. The molecule has 0 unspecified atom stereocenters. The Morgan fingerprint density at radius 3 is 2.88 bits per heavy atom. The van der Waals surface area contributed by atoms with Gasteiger partial charge in [-0.25, -0.2) is 0 Å². The lowest BCUT2D eigenvalue weighted by atomic mass is 9.90. The number of H-pyrrole nitrogens is 1. The van der Waals surface area contributed by atoms with E-state index in [0.717, 1.165) is 44.7 Å². The monoisotopic (exact) mass is 372 g/mol. The van der Waals surface area contributed by atoms with E-state index in [-0.39, 0.29) is 11.2 Å². The first kappa shape index (κ1) is 16.7. The molecule has 25 heavy (non-hydrogen) atoms. The van der Waals surface area contributed by atoms with E-state index in [2.05, 4.69) is 18.8 Å². The molecule has 0 spiro atoms. The highest BCUT2D eigenvalue weighted by Gasteiger charge is 2.33. The SMILES string of the molecule is CC[C@]1(C)Cc2c(sc3[nH]c(=S)n(-c4ccccc4C)c(=O)c23)CO1. The summed E-state index contributed by atoms with van der Waals surface area (Å²) < 4.78 is 8.09. The molecule has 2 aromatic heterocycles. The van der Waals surface area contributed by atoms with Crippen LogP contribution in [0.5, 0.6) is 0 Å². The second kappa shape index (κ2) is 5.90. The molecular formula is C19H20N2O2S2. The number of nitrogens with one attached hydrogen (secondary N) is 1. The normalized spacial score (nSPS) is 20.0. The first-order valence-electron chi connectivity index (χ1n) is 8.43. The van der Waals surface area contributed by atoms with E-state index < -0.39 is 0 Å². The Morgan fingerprint density at radius 2 is 2.16 bits per heavy atom. The second-order valence-electron chi connectivity index (χ2n) is 6.83. The molecule has 1 atom stereocenters. The van der Waals surface area contributed by atoms with Crippen LogP contribution in [-0.4, -0.2) is 15.2 Å². The van der Waals surface area contributed by atoms with Crippen molar-refractivity contribution in [1.29, 1.82) is 0 Å². The number of hydrogen-bond acceptors (Lipinski definition) is 4. The largest absolute Gasteiger partial charge is 0.369 e. The molecule has 0 saturated carbocycles. The Hall–Kier alpha value is -1.76. The molecule has 0 radical (unpaired) electrons. The summed E-state index contributed by atoms with van der Waals surface area (Å²) >= 11 is 7.09. The minimum atomic E-state index is -0.215.